The molecule has 190 valence electrons. The van der Waals surface area contributed by atoms with Crippen LogP contribution in [-0.2, 0) is 9.53 Å². The van der Waals surface area contributed by atoms with Crippen molar-refractivity contribution < 1.29 is 19.4 Å². The number of hydrogen-bond acceptors (Lipinski definition) is 8. The number of anilines is 1. The summed E-state index contributed by atoms with van der Waals surface area (Å²) in [7, 11) is 1.32. The number of amides is 1. The average Bonchev–Trinajstić information content (AvgIpc) is 3.58. The van der Waals surface area contributed by atoms with Gasteiger partial charge in [0.1, 0.15) is 11.6 Å². The lowest BCUT2D eigenvalue weighted by atomic mass is 9.63. The number of methoxy groups -OCH3 is 1. The Morgan fingerprint density at radius 2 is 1.81 bits per heavy atom. The summed E-state index contributed by atoms with van der Waals surface area (Å²) in [6, 6.07) is 9.45. The Labute approximate surface area is 213 Å². The number of pyridine rings is 1. The average molecular weight is 501 g/mol. The van der Waals surface area contributed by atoms with E-state index in [1.54, 1.807) is 10.6 Å². The summed E-state index contributed by atoms with van der Waals surface area (Å²) in [6.45, 7) is 0. The molecule has 2 bridgehead atoms. The fourth-order valence-corrected chi connectivity index (χ4v) is 5.76. The van der Waals surface area contributed by atoms with Gasteiger partial charge in [-0.3, -0.25) is 9.78 Å². The zero-order chi connectivity index (χ0) is 25.8. The van der Waals surface area contributed by atoms with Gasteiger partial charge in [0.15, 0.2) is 0 Å². The minimum Gasteiger partial charge on any atom is -0.467 e. The summed E-state index contributed by atoms with van der Waals surface area (Å²) in [5.41, 5.74) is 1.76. The third kappa shape index (κ3) is 4.00. The van der Waals surface area contributed by atoms with Crippen molar-refractivity contribution in [3.05, 3.63) is 47.8 Å². The van der Waals surface area contributed by atoms with E-state index in [9.17, 15) is 20.0 Å². The summed E-state index contributed by atoms with van der Waals surface area (Å²) < 4.78 is 6.61. The van der Waals surface area contributed by atoms with Gasteiger partial charge in [-0.2, -0.15) is 10.4 Å². The molecule has 4 aliphatic rings. The highest BCUT2D eigenvalue weighted by molar-refractivity contribution is 6.03. The molecule has 0 aliphatic heterocycles. The molecule has 0 aromatic carbocycles. The first-order chi connectivity index (χ1) is 17.8. The van der Waals surface area contributed by atoms with Crippen molar-refractivity contribution in [1.29, 1.82) is 5.26 Å². The molecule has 3 heterocycles. The van der Waals surface area contributed by atoms with Crippen molar-refractivity contribution >= 4 is 23.1 Å². The summed E-state index contributed by atoms with van der Waals surface area (Å²) in [5.74, 6) is -0.833. The molecule has 4 fully saturated rings. The topological polar surface area (TPSA) is 142 Å². The van der Waals surface area contributed by atoms with Crippen LogP contribution >= 0.6 is 0 Å². The fraction of sp³-hybridized carbons (Fsp3) is 0.444. The number of carbonyl (C=O) groups is 2. The van der Waals surface area contributed by atoms with Gasteiger partial charge < -0.3 is 20.5 Å². The molecule has 7 rings (SSSR count). The Hall–Kier alpha value is -3.97. The van der Waals surface area contributed by atoms with Gasteiger partial charge in [-0.15, -0.1) is 0 Å². The van der Waals surface area contributed by atoms with E-state index in [1.165, 1.54) is 19.5 Å². The van der Waals surface area contributed by atoms with Gasteiger partial charge in [-0.05, 0) is 75.6 Å². The van der Waals surface area contributed by atoms with E-state index in [4.69, 9.17) is 4.74 Å². The lowest BCUT2D eigenvalue weighted by Crippen LogP contribution is -2.54. The van der Waals surface area contributed by atoms with Gasteiger partial charge in [0, 0.05) is 11.7 Å². The van der Waals surface area contributed by atoms with E-state index in [-0.39, 0.29) is 11.4 Å². The number of esters is 1. The number of aliphatic hydroxyl groups is 1. The Morgan fingerprint density at radius 1 is 1.08 bits per heavy atom. The molecule has 3 aromatic heterocycles. The van der Waals surface area contributed by atoms with Crippen LogP contribution in [0.1, 0.15) is 67.3 Å². The van der Waals surface area contributed by atoms with Gasteiger partial charge in [0.25, 0.3) is 5.91 Å². The first-order valence-corrected chi connectivity index (χ1v) is 12.6. The molecule has 3 aromatic rings. The number of aromatic nitrogens is 3. The normalized spacial score (nSPS) is 25.3. The number of hydrogen-bond donors (Lipinski definition) is 3. The second kappa shape index (κ2) is 8.28. The maximum absolute atomic E-state index is 13.4. The summed E-state index contributed by atoms with van der Waals surface area (Å²) in [5, 5.41) is 30.8. The first kappa shape index (κ1) is 23.4. The van der Waals surface area contributed by atoms with E-state index in [1.807, 2.05) is 18.2 Å². The number of nitrogens with one attached hydrogen (secondary N) is 2. The summed E-state index contributed by atoms with van der Waals surface area (Å²) >= 11 is 0. The molecule has 3 N–H and O–H groups in total. The van der Waals surface area contributed by atoms with Crippen LogP contribution in [-0.4, -0.2) is 55.4 Å². The second-order valence-corrected chi connectivity index (χ2v) is 10.7. The molecule has 0 atom stereocenters. The van der Waals surface area contributed by atoms with E-state index in [2.05, 4.69) is 26.8 Å². The van der Waals surface area contributed by atoms with Crippen LogP contribution in [0.5, 0.6) is 0 Å². The van der Waals surface area contributed by atoms with E-state index in [0.717, 1.165) is 49.7 Å². The van der Waals surface area contributed by atoms with Gasteiger partial charge in [0.2, 0.25) is 0 Å². The predicted molar refractivity (Wildman–Crippen MR) is 134 cm³/mol. The van der Waals surface area contributed by atoms with Crippen molar-refractivity contribution in [1.82, 2.24) is 19.9 Å². The fourth-order valence-electron chi connectivity index (χ4n) is 5.76. The Kier molecular flexibility index (Phi) is 5.24. The summed E-state index contributed by atoms with van der Waals surface area (Å²) in [4.78, 5) is 30.3. The lowest BCUT2D eigenvalue weighted by molar-refractivity contribution is -0.144. The third-order valence-electron chi connectivity index (χ3n) is 8.33. The molecule has 0 spiro atoms. The second-order valence-electron chi connectivity index (χ2n) is 10.7. The van der Waals surface area contributed by atoms with Crippen LogP contribution in [0.15, 0.2) is 36.7 Å². The molecule has 4 aliphatic carbocycles. The minimum atomic E-state index is -0.980. The molecular formula is C27H28N6O4. The van der Waals surface area contributed by atoms with Crippen LogP contribution in [0.2, 0.25) is 0 Å². The van der Waals surface area contributed by atoms with Gasteiger partial charge in [-0.1, -0.05) is 0 Å². The number of nitriles is 1. The number of fused-ring (bicyclic) bond motifs is 4. The highest BCUT2D eigenvalue weighted by Crippen LogP contribution is 2.48. The van der Waals surface area contributed by atoms with Gasteiger partial charge in [0.05, 0.1) is 52.6 Å². The monoisotopic (exact) mass is 500 g/mol. The van der Waals surface area contributed by atoms with Crippen LogP contribution in [0.25, 0.3) is 16.9 Å². The third-order valence-corrected chi connectivity index (χ3v) is 8.33. The molecule has 10 nitrogen and oxygen atoms in total. The predicted octanol–water partition coefficient (Wildman–Crippen LogP) is 2.95. The van der Waals surface area contributed by atoms with Crippen molar-refractivity contribution in [3.63, 3.8) is 0 Å². The highest BCUT2D eigenvalue weighted by Gasteiger charge is 2.53. The molecule has 0 radical (unpaired) electrons. The maximum atomic E-state index is 13.4. The molecular weight excluding hydrogens is 472 g/mol. The largest absolute Gasteiger partial charge is 0.467 e. The molecule has 4 saturated carbocycles. The van der Waals surface area contributed by atoms with Gasteiger partial charge >= 0.3 is 5.97 Å². The lowest BCUT2D eigenvalue weighted by Gasteiger charge is -2.51. The minimum absolute atomic E-state index is 0.223. The van der Waals surface area contributed by atoms with E-state index >= 15 is 0 Å². The van der Waals surface area contributed by atoms with Crippen molar-refractivity contribution in [3.8, 4) is 17.5 Å². The standard InChI is InChI=1S/C27H28N6O4/c1-37-24(35)27(10-11-27)32-23(34)19-16-29-21(22-3-2-18-12-17(14-28)15-30-33(18)22)13-20(19)31-25-4-7-26(36,8-5-25)9-6-25/h2-3,12-13,15-16,36H,4-11H2,1H3,(H,29,31)(H,32,34). The molecule has 10 heteroatoms. The van der Waals surface area contributed by atoms with E-state index in [0.29, 0.717) is 35.3 Å². The Morgan fingerprint density at radius 3 is 2.46 bits per heavy atom. The van der Waals surface area contributed by atoms with E-state index < -0.39 is 17.1 Å². The number of rotatable bonds is 6. The Balaban J connectivity index is 1.38. The van der Waals surface area contributed by atoms with Crippen LogP contribution in [0.4, 0.5) is 5.69 Å². The maximum Gasteiger partial charge on any atom is 0.331 e. The van der Waals surface area contributed by atoms with Crippen molar-refractivity contribution in [2.45, 2.75) is 68.0 Å². The quantitative estimate of drug-likeness (QED) is 0.439. The van der Waals surface area contributed by atoms with Crippen LogP contribution in [0.3, 0.4) is 0 Å². The van der Waals surface area contributed by atoms with Crippen molar-refractivity contribution in [2.75, 3.05) is 12.4 Å². The molecule has 1 amide bonds. The van der Waals surface area contributed by atoms with Gasteiger partial charge in [-0.25, -0.2) is 9.31 Å². The molecule has 0 saturated heterocycles. The SMILES string of the molecule is COC(=O)C1(NC(=O)c2cnc(-c3ccc4cc(C#N)cnn34)cc2NC23CCC(O)(CC2)CC3)CC1. The smallest absolute Gasteiger partial charge is 0.331 e. The zero-order valence-electron chi connectivity index (χ0n) is 20.6. The number of nitrogens with zero attached hydrogens (tertiary/aromatic N) is 4. The first-order valence-electron chi connectivity index (χ1n) is 12.6. The van der Waals surface area contributed by atoms with Crippen LogP contribution in [0, 0.1) is 11.3 Å². The zero-order valence-corrected chi connectivity index (χ0v) is 20.6. The van der Waals surface area contributed by atoms with Crippen molar-refractivity contribution in [2.24, 2.45) is 0 Å². The highest BCUT2D eigenvalue weighted by atomic mass is 16.5. The number of ether oxygens (including phenoxy) is 1. The Bertz CT molecular complexity index is 1440. The molecule has 37 heavy (non-hydrogen) atoms. The number of carbonyl (C=O) groups excluding carboxylic acids is 2. The van der Waals surface area contributed by atoms with Crippen LogP contribution < -0.4 is 10.6 Å². The molecule has 0 unspecified atom stereocenters. The summed E-state index contributed by atoms with van der Waals surface area (Å²) in [6.07, 6.45) is 8.69.